The van der Waals surface area contributed by atoms with E-state index in [0.717, 1.165) is 22.0 Å². The van der Waals surface area contributed by atoms with Crippen LogP contribution >= 0.6 is 27.5 Å². The van der Waals surface area contributed by atoms with Crippen molar-refractivity contribution in [3.8, 4) is 11.4 Å². The Kier molecular flexibility index (Phi) is 3.12. The molecule has 0 spiro atoms. The Hall–Kier alpha value is -1.65. The number of pyridine rings is 1. The van der Waals surface area contributed by atoms with Crippen LogP contribution in [0.4, 0.5) is 0 Å². The molecule has 0 unspecified atom stereocenters. The maximum absolute atomic E-state index is 11.1. The van der Waals surface area contributed by atoms with Crippen molar-refractivity contribution in [2.75, 3.05) is 0 Å². The van der Waals surface area contributed by atoms with Gasteiger partial charge in [0, 0.05) is 10.6 Å². The van der Waals surface area contributed by atoms with Gasteiger partial charge < -0.3 is 0 Å². The minimum atomic E-state index is 0.413. The van der Waals surface area contributed by atoms with Gasteiger partial charge in [0.1, 0.15) is 11.5 Å². The first-order valence-corrected chi connectivity index (χ1v) is 6.76. The van der Waals surface area contributed by atoms with E-state index in [0.29, 0.717) is 16.5 Å². The van der Waals surface area contributed by atoms with E-state index in [1.54, 1.807) is 6.07 Å². The van der Waals surface area contributed by atoms with Crippen LogP contribution in [0.15, 0.2) is 47.1 Å². The van der Waals surface area contributed by atoms with E-state index < -0.39 is 0 Å². The number of nitrogens with zero attached hydrogens (tertiary/aromatic N) is 2. The van der Waals surface area contributed by atoms with Crippen LogP contribution in [-0.4, -0.2) is 15.7 Å². The van der Waals surface area contributed by atoms with Crippen molar-refractivity contribution in [1.82, 2.24) is 9.38 Å². The lowest BCUT2D eigenvalue weighted by Gasteiger charge is -2.04. The minimum Gasteiger partial charge on any atom is -0.296 e. The lowest BCUT2D eigenvalue weighted by atomic mass is 10.2. The van der Waals surface area contributed by atoms with E-state index in [1.165, 1.54) is 0 Å². The average Bonchev–Trinajstić information content (AvgIpc) is 2.79. The highest BCUT2D eigenvalue weighted by Gasteiger charge is 2.14. The predicted molar refractivity (Wildman–Crippen MR) is 78.7 cm³/mol. The number of benzene rings is 1. The highest BCUT2D eigenvalue weighted by molar-refractivity contribution is 9.10. The van der Waals surface area contributed by atoms with Crippen molar-refractivity contribution >= 4 is 39.3 Å². The number of fused-ring (bicyclic) bond motifs is 1. The lowest BCUT2D eigenvalue weighted by molar-refractivity contribution is 0.112. The Bertz CT molecular complexity index is 782. The van der Waals surface area contributed by atoms with Gasteiger partial charge in [-0.2, -0.15) is 0 Å². The van der Waals surface area contributed by atoms with E-state index in [-0.39, 0.29) is 0 Å². The zero-order chi connectivity index (χ0) is 13.4. The summed E-state index contributed by atoms with van der Waals surface area (Å²) in [5.41, 5.74) is 2.04. The Morgan fingerprint density at radius 1 is 1.21 bits per heavy atom. The van der Waals surface area contributed by atoms with E-state index in [2.05, 4.69) is 20.9 Å². The maximum Gasteiger partial charge on any atom is 0.170 e. The Labute approximate surface area is 123 Å². The number of carbonyl (C=O) groups excluding carboxylic acids is 1. The van der Waals surface area contributed by atoms with E-state index in [4.69, 9.17) is 11.6 Å². The largest absolute Gasteiger partial charge is 0.296 e. The van der Waals surface area contributed by atoms with Gasteiger partial charge >= 0.3 is 0 Å². The molecule has 0 N–H and O–H groups in total. The van der Waals surface area contributed by atoms with Crippen LogP contribution < -0.4 is 0 Å². The fraction of sp³-hybridized carbons (Fsp3) is 0. The monoisotopic (exact) mass is 334 g/mol. The summed E-state index contributed by atoms with van der Waals surface area (Å²) in [7, 11) is 0. The summed E-state index contributed by atoms with van der Waals surface area (Å²) in [6.07, 6.45) is 0.760. The molecule has 3 nitrogen and oxygen atoms in total. The number of aldehydes is 1. The number of aromatic nitrogens is 2. The summed E-state index contributed by atoms with van der Waals surface area (Å²) in [6.45, 7) is 0. The third-order valence-electron chi connectivity index (χ3n) is 2.84. The molecule has 3 rings (SSSR count). The second-order valence-electron chi connectivity index (χ2n) is 4.02. The maximum atomic E-state index is 11.1. The fourth-order valence-corrected chi connectivity index (χ4v) is 2.73. The molecule has 0 saturated carbocycles. The van der Waals surface area contributed by atoms with Crippen LogP contribution in [0.1, 0.15) is 10.5 Å². The molecule has 19 heavy (non-hydrogen) atoms. The minimum absolute atomic E-state index is 0.413. The summed E-state index contributed by atoms with van der Waals surface area (Å²) in [6, 6.07) is 13.0. The van der Waals surface area contributed by atoms with Gasteiger partial charge in [0.15, 0.2) is 6.29 Å². The molecule has 0 saturated heterocycles. The molecule has 2 aromatic heterocycles. The Balaban J connectivity index is 2.38. The SMILES string of the molecule is O=Cc1nc(-c2cccc(Cl)c2)n2c(Br)cccc12. The quantitative estimate of drug-likeness (QED) is 0.519. The number of imidazole rings is 1. The van der Waals surface area contributed by atoms with Crippen LogP contribution in [0.25, 0.3) is 16.9 Å². The third-order valence-corrected chi connectivity index (χ3v) is 3.69. The topological polar surface area (TPSA) is 34.4 Å². The van der Waals surface area contributed by atoms with Crippen molar-refractivity contribution in [2.45, 2.75) is 0 Å². The van der Waals surface area contributed by atoms with Gasteiger partial charge in [-0.25, -0.2) is 4.98 Å². The summed E-state index contributed by atoms with van der Waals surface area (Å²) >= 11 is 9.49. The van der Waals surface area contributed by atoms with Crippen LogP contribution in [0, 0.1) is 0 Å². The zero-order valence-corrected chi connectivity index (χ0v) is 12.0. The molecule has 0 aliphatic rings. The fourth-order valence-electron chi connectivity index (χ4n) is 2.03. The first kappa shape index (κ1) is 12.4. The van der Waals surface area contributed by atoms with Gasteiger partial charge in [0.05, 0.1) is 10.1 Å². The molecule has 1 aromatic carbocycles. The molecule has 0 radical (unpaired) electrons. The van der Waals surface area contributed by atoms with Crippen LogP contribution in [-0.2, 0) is 0 Å². The van der Waals surface area contributed by atoms with Gasteiger partial charge in [-0.1, -0.05) is 29.8 Å². The standard InChI is InChI=1S/C14H8BrClN2O/c15-13-6-2-5-12-11(8-19)17-14(18(12)13)9-3-1-4-10(16)7-9/h1-8H. The number of halogens is 2. The highest BCUT2D eigenvalue weighted by atomic mass is 79.9. The van der Waals surface area contributed by atoms with Gasteiger partial charge in [-0.05, 0) is 40.2 Å². The first-order chi connectivity index (χ1) is 9.20. The molecular weight excluding hydrogens is 328 g/mol. The third kappa shape index (κ3) is 2.07. The van der Waals surface area contributed by atoms with Crippen molar-refractivity contribution in [3.63, 3.8) is 0 Å². The van der Waals surface area contributed by atoms with E-state index >= 15 is 0 Å². The average molecular weight is 336 g/mol. The smallest absolute Gasteiger partial charge is 0.170 e. The summed E-state index contributed by atoms with van der Waals surface area (Å²) < 4.78 is 2.72. The molecule has 0 atom stereocenters. The second-order valence-corrected chi connectivity index (χ2v) is 5.27. The van der Waals surface area contributed by atoms with Gasteiger partial charge in [0.25, 0.3) is 0 Å². The van der Waals surface area contributed by atoms with Gasteiger partial charge in [-0.3, -0.25) is 9.20 Å². The molecule has 94 valence electrons. The Morgan fingerprint density at radius 2 is 2.00 bits per heavy atom. The van der Waals surface area contributed by atoms with Crippen molar-refractivity contribution in [1.29, 1.82) is 0 Å². The van der Waals surface area contributed by atoms with E-state index in [9.17, 15) is 4.79 Å². The molecule has 0 fully saturated rings. The lowest BCUT2D eigenvalue weighted by Crippen LogP contribution is -1.91. The normalized spacial score (nSPS) is 10.8. The molecule has 3 aromatic rings. The molecular formula is C14H8BrClN2O. The predicted octanol–water partition coefficient (Wildman–Crippen LogP) is 4.23. The Morgan fingerprint density at radius 3 is 2.74 bits per heavy atom. The molecule has 0 bridgehead atoms. The van der Waals surface area contributed by atoms with Crippen molar-refractivity contribution in [2.24, 2.45) is 0 Å². The number of carbonyl (C=O) groups is 1. The van der Waals surface area contributed by atoms with Crippen molar-refractivity contribution in [3.05, 3.63) is 57.8 Å². The van der Waals surface area contributed by atoms with Crippen molar-refractivity contribution < 1.29 is 4.79 Å². The molecule has 2 heterocycles. The van der Waals surface area contributed by atoms with Crippen LogP contribution in [0.3, 0.4) is 0 Å². The molecule has 5 heteroatoms. The van der Waals surface area contributed by atoms with Crippen LogP contribution in [0.2, 0.25) is 5.02 Å². The highest BCUT2D eigenvalue weighted by Crippen LogP contribution is 2.27. The van der Waals surface area contributed by atoms with Crippen LogP contribution in [0.5, 0.6) is 0 Å². The molecule has 0 amide bonds. The van der Waals surface area contributed by atoms with Gasteiger partial charge in [0.2, 0.25) is 0 Å². The van der Waals surface area contributed by atoms with E-state index in [1.807, 2.05) is 40.8 Å². The number of hydrogen-bond acceptors (Lipinski definition) is 2. The number of rotatable bonds is 2. The zero-order valence-electron chi connectivity index (χ0n) is 9.68. The molecule has 0 aliphatic heterocycles. The molecule has 0 aliphatic carbocycles. The summed E-state index contributed by atoms with van der Waals surface area (Å²) in [5, 5.41) is 0.633. The summed E-state index contributed by atoms with van der Waals surface area (Å²) in [5.74, 6) is 0.687. The number of hydrogen-bond donors (Lipinski definition) is 0. The second kappa shape index (κ2) is 4.79. The van der Waals surface area contributed by atoms with Gasteiger partial charge in [-0.15, -0.1) is 0 Å². The summed E-state index contributed by atoms with van der Waals surface area (Å²) in [4.78, 5) is 15.5. The first-order valence-electron chi connectivity index (χ1n) is 5.59.